The minimum atomic E-state index is -0.605. The van der Waals surface area contributed by atoms with Crippen molar-refractivity contribution in [3.05, 3.63) is 35.2 Å². The van der Waals surface area contributed by atoms with Crippen molar-refractivity contribution in [3.8, 4) is 11.3 Å². The van der Waals surface area contributed by atoms with Crippen LogP contribution in [0.25, 0.3) is 11.3 Å². The molecule has 0 unspecified atom stereocenters. The Hall–Kier alpha value is -2.49. The Kier molecular flexibility index (Phi) is 6.21. The number of nitrogens with zero attached hydrogens (tertiary/aromatic N) is 5. The zero-order valence-corrected chi connectivity index (χ0v) is 18.1. The second-order valence-corrected chi connectivity index (χ2v) is 8.48. The molecule has 1 aliphatic rings. The normalized spacial score (nSPS) is 14.8. The van der Waals surface area contributed by atoms with Crippen LogP contribution in [0.5, 0.6) is 0 Å². The lowest BCUT2D eigenvalue weighted by Crippen LogP contribution is -2.52. The van der Waals surface area contributed by atoms with Gasteiger partial charge in [0.25, 0.3) is 0 Å². The van der Waals surface area contributed by atoms with Crippen LogP contribution in [0, 0.1) is 5.95 Å². The van der Waals surface area contributed by atoms with Gasteiger partial charge >= 0.3 is 6.09 Å². The standard InChI is InChI=1S/C19H23BrFN5O3/c1-19(2,3)29-18(28)25-8-6-24(7-9-25)15(27)11-26-12-23-17(20)16(26)13-4-5-22-14(21)10-13/h4-5,10,12H,6-9,11H2,1-3H3. The zero-order valence-electron chi connectivity index (χ0n) is 16.6. The molecule has 2 aromatic rings. The SMILES string of the molecule is CC(C)(C)OC(=O)N1CCN(C(=O)Cn2cnc(Br)c2-c2ccnc(F)c2)CC1. The second kappa shape index (κ2) is 8.48. The number of hydrogen-bond donors (Lipinski definition) is 0. The maximum Gasteiger partial charge on any atom is 0.410 e. The summed E-state index contributed by atoms with van der Waals surface area (Å²) in [5.74, 6) is -0.707. The highest BCUT2D eigenvalue weighted by Gasteiger charge is 2.28. The van der Waals surface area contributed by atoms with Gasteiger partial charge in [0.05, 0.1) is 12.0 Å². The molecule has 0 radical (unpaired) electrons. The van der Waals surface area contributed by atoms with Gasteiger partial charge in [-0.05, 0) is 42.8 Å². The maximum atomic E-state index is 13.5. The van der Waals surface area contributed by atoms with Crippen LogP contribution in [0.4, 0.5) is 9.18 Å². The predicted octanol–water partition coefficient (Wildman–Crippen LogP) is 2.93. The Bertz CT molecular complexity index is 903. The summed E-state index contributed by atoms with van der Waals surface area (Å²) in [6.45, 7) is 7.19. The van der Waals surface area contributed by atoms with Crippen molar-refractivity contribution in [3.63, 3.8) is 0 Å². The lowest BCUT2D eigenvalue weighted by Gasteiger charge is -2.35. The monoisotopic (exact) mass is 467 g/mol. The number of ether oxygens (including phenoxy) is 1. The first-order valence-corrected chi connectivity index (χ1v) is 10.0. The molecule has 29 heavy (non-hydrogen) atoms. The topological polar surface area (TPSA) is 80.6 Å². The summed E-state index contributed by atoms with van der Waals surface area (Å²) in [5.41, 5.74) is 0.623. The maximum absolute atomic E-state index is 13.5. The lowest BCUT2D eigenvalue weighted by atomic mass is 10.2. The van der Waals surface area contributed by atoms with E-state index < -0.39 is 11.5 Å². The number of imidazole rings is 1. The van der Waals surface area contributed by atoms with E-state index in [4.69, 9.17) is 4.74 Å². The molecule has 0 spiro atoms. The van der Waals surface area contributed by atoms with Crippen molar-refractivity contribution in [1.29, 1.82) is 0 Å². The minimum absolute atomic E-state index is 0.0598. The first-order chi connectivity index (χ1) is 13.6. The molecule has 156 valence electrons. The Morgan fingerprint density at radius 3 is 2.45 bits per heavy atom. The largest absolute Gasteiger partial charge is 0.444 e. The van der Waals surface area contributed by atoms with Crippen LogP contribution < -0.4 is 0 Å². The molecular formula is C19H23BrFN5O3. The Morgan fingerprint density at radius 2 is 1.83 bits per heavy atom. The number of hydrogen-bond acceptors (Lipinski definition) is 5. The van der Waals surface area contributed by atoms with E-state index in [1.807, 2.05) is 20.8 Å². The molecular weight excluding hydrogens is 445 g/mol. The molecule has 0 N–H and O–H groups in total. The van der Waals surface area contributed by atoms with E-state index in [0.29, 0.717) is 42.0 Å². The smallest absolute Gasteiger partial charge is 0.410 e. The van der Waals surface area contributed by atoms with Gasteiger partial charge in [0.15, 0.2) is 0 Å². The van der Waals surface area contributed by atoms with Crippen LogP contribution in [0.15, 0.2) is 29.3 Å². The van der Waals surface area contributed by atoms with Crippen LogP contribution in [0.3, 0.4) is 0 Å². The molecule has 0 saturated carbocycles. The molecule has 2 amide bonds. The molecule has 0 aromatic carbocycles. The molecule has 3 rings (SSSR count). The van der Waals surface area contributed by atoms with E-state index in [0.717, 1.165) is 0 Å². The van der Waals surface area contributed by atoms with Crippen molar-refractivity contribution < 1.29 is 18.7 Å². The predicted molar refractivity (Wildman–Crippen MR) is 108 cm³/mol. The van der Waals surface area contributed by atoms with Gasteiger partial charge in [-0.3, -0.25) is 4.79 Å². The average molecular weight is 468 g/mol. The van der Waals surface area contributed by atoms with Crippen LogP contribution in [-0.2, 0) is 16.1 Å². The molecule has 3 heterocycles. The summed E-state index contributed by atoms with van der Waals surface area (Å²) in [7, 11) is 0. The van der Waals surface area contributed by atoms with Gasteiger partial charge in [0.1, 0.15) is 16.7 Å². The van der Waals surface area contributed by atoms with E-state index >= 15 is 0 Å². The number of carbonyl (C=O) groups excluding carboxylic acids is 2. The molecule has 8 nitrogen and oxygen atoms in total. The number of piperazine rings is 1. The van der Waals surface area contributed by atoms with Crippen molar-refractivity contribution in [2.45, 2.75) is 32.9 Å². The molecule has 2 aromatic heterocycles. The number of pyridine rings is 1. The Balaban J connectivity index is 1.63. The third-order valence-corrected chi connectivity index (χ3v) is 4.96. The number of carbonyl (C=O) groups is 2. The molecule has 0 atom stereocenters. The van der Waals surface area contributed by atoms with Gasteiger partial charge in [-0.15, -0.1) is 0 Å². The average Bonchev–Trinajstić information content (AvgIpc) is 3.00. The number of halogens is 2. The number of aromatic nitrogens is 3. The number of rotatable bonds is 3. The van der Waals surface area contributed by atoms with Crippen molar-refractivity contribution in [2.75, 3.05) is 26.2 Å². The summed E-state index contributed by atoms with van der Waals surface area (Å²) in [5, 5.41) is 0. The van der Waals surface area contributed by atoms with Crippen LogP contribution in [-0.4, -0.2) is 68.1 Å². The van der Waals surface area contributed by atoms with E-state index in [-0.39, 0.29) is 18.5 Å². The summed E-state index contributed by atoms with van der Waals surface area (Å²) >= 11 is 3.35. The van der Waals surface area contributed by atoms with Crippen LogP contribution in [0.1, 0.15) is 20.8 Å². The molecule has 1 aliphatic heterocycles. The van der Waals surface area contributed by atoms with Crippen molar-refractivity contribution >= 4 is 27.9 Å². The fraction of sp³-hybridized carbons (Fsp3) is 0.474. The van der Waals surface area contributed by atoms with Crippen LogP contribution in [0.2, 0.25) is 0 Å². The van der Waals surface area contributed by atoms with Crippen molar-refractivity contribution in [1.82, 2.24) is 24.3 Å². The van der Waals surface area contributed by atoms with Gasteiger partial charge in [0.2, 0.25) is 11.9 Å². The van der Waals surface area contributed by atoms with Gasteiger partial charge in [0, 0.05) is 44.0 Å². The van der Waals surface area contributed by atoms with E-state index in [9.17, 15) is 14.0 Å². The van der Waals surface area contributed by atoms with Gasteiger partial charge < -0.3 is 19.1 Å². The summed E-state index contributed by atoms with van der Waals surface area (Å²) in [6.07, 6.45) is 2.53. The molecule has 0 aliphatic carbocycles. The van der Waals surface area contributed by atoms with E-state index in [1.54, 1.807) is 20.4 Å². The quantitative estimate of drug-likeness (QED) is 0.648. The minimum Gasteiger partial charge on any atom is -0.444 e. The van der Waals surface area contributed by atoms with E-state index in [2.05, 4.69) is 25.9 Å². The van der Waals surface area contributed by atoms with Gasteiger partial charge in [-0.2, -0.15) is 4.39 Å². The summed E-state index contributed by atoms with van der Waals surface area (Å²) in [4.78, 5) is 36.0. The Labute approximate surface area is 176 Å². The van der Waals surface area contributed by atoms with E-state index in [1.165, 1.54) is 18.6 Å². The Morgan fingerprint density at radius 1 is 1.17 bits per heavy atom. The van der Waals surface area contributed by atoms with Gasteiger partial charge in [-0.1, -0.05) is 0 Å². The molecule has 10 heteroatoms. The summed E-state index contributed by atoms with van der Waals surface area (Å²) in [6, 6.07) is 2.95. The molecule has 0 bridgehead atoms. The third-order valence-electron chi connectivity index (χ3n) is 4.38. The fourth-order valence-corrected chi connectivity index (χ4v) is 3.57. The fourth-order valence-electron chi connectivity index (χ4n) is 3.02. The third kappa shape index (κ3) is 5.31. The lowest BCUT2D eigenvalue weighted by molar-refractivity contribution is -0.133. The highest BCUT2D eigenvalue weighted by atomic mass is 79.9. The second-order valence-electron chi connectivity index (χ2n) is 7.73. The molecule has 1 saturated heterocycles. The molecule has 1 fully saturated rings. The first kappa shape index (κ1) is 21.2. The highest BCUT2D eigenvalue weighted by Crippen LogP contribution is 2.27. The number of amides is 2. The van der Waals surface area contributed by atoms with Crippen molar-refractivity contribution in [2.24, 2.45) is 0 Å². The summed E-state index contributed by atoms with van der Waals surface area (Å²) < 4.78 is 21.1. The van der Waals surface area contributed by atoms with Gasteiger partial charge in [-0.25, -0.2) is 14.8 Å². The first-order valence-electron chi connectivity index (χ1n) is 9.22. The van der Waals surface area contributed by atoms with Crippen LogP contribution >= 0.6 is 15.9 Å². The highest BCUT2D eigenvalue weighted by molar-refractivity contribution is 9.10. The zero-order chi connectivity index (χ0) is 21.2.